The van der Waals surface area contributed by atoms with Gasteiger partial charge in [0.1, 0.15) is 11.6 Å². The number of benzene rings is 1. The highest BCUT2D eigenvalue weighted by Crippen LogP contribution is 2.39. The van der Waals surface area contributed by atoms with Crippen LogP contribution in [0.1, 0.15) is 37.2 Å². The number of nitrogens with zero attached hydrogens (tertiary/aromatic N) is 5. The van der Waals surface area contributed by atoms with Crippen molar-refractivity contribution >= 4 is 28.9 Å². The van der Waals surface area contributed by atoms with Crippen molar-refractivity contribution in [2.24, 2.45) is 0 Å². The van der Waals surface area contributed by atoms with Crippen LogP contribution in [0.15, 0.2) is 30.3 Å². The minimum atomic E-state index is -2.72. The predicted octanol–water partition coefficient (Wildman–Crippen LogP) is 3.16. The van der Waals surface area contributed by atoms with E-state index in [-0.39, 0.29) is 30.4 Å². The summed E-state index contributed by atoms with van der Waals surface area (Å²) in [4.78, 5) is 21.9. The quantitative estimate of drug-likeness (QED) is 0.337. The van der Waals surface area contributed by atoms with Crippen molar-refractivity contribution in [3.8, 4) is 17.1 Å². The van der Waals surface area contributed by atoms with Crippen molar-refractivity contribution < 1.29 is 18.4 Å². The molecule has 0 saturated heterocycles. The van der Waals surface area contributed by atoms with Crippen molar-refractivity contribution in [3.05, 3.63) is 58.7 Å². The van der Waals surface area contributed by atoms with E-state index in [4.69, 9.17) is 13.6 Å². The second-order valence-electron chi connectivity index (χ2n) is 8.12. The lowest BCUT2D eigenvalue weighted by molar-refractivity contribution is 0.0958. The smallest absolute Gasteiger partial charge is 0.273 e. The van der Waals surface area contributed by atoms with Gasteiger partial charge >= 0.3 is 0 Å². The van der Waals surface area contributed by atoms with Crippen LogP contribution in [-0.4, -0.2) is 50.4 Å². The second-order valence-corrected chi connectivity index (χ2v) is 8.12. The van der Waals surface area contributed by atoms with Crippen molar-refractivity contribution in [2.75, 3.05) is 24.7 Å². The molecule has 36 heavy (non-hydrogen) atoms. The van der Waals surface area contributed by atoms with Gasteiger partial charge in [0.05, 0.1) is 43.0 Å². The van der Waals surface area contributed by atoms with Gasteiger partial charge in [-0.3, -0.25) is 9.89 Å². The standard InChI is InChI=1S/C24H25N9O3/c1-12-5-6-19-28-18(12)11-36-10-14-7-15(23-26-13(2)30-33-23)22(35-4)17(8-14)27-16-9-20(29-19)31-32-21(16)24(34)25-3/h5-9,27H,10-11H2,1-4H3,(H,25,34)(H,26,30,33)(H,28,29,31)/i3D3. The molecule has 12 heteroatoms. The Morgan fingerprint density at radius 2 is 1.97 bits per heavy atom. The molecule has 4 aromatic rings. The van der Waals surface area contributed by atoms with Gasteiger partial charge in [-0.25, -0.2) is 9.97 Å². The minimum absolute atomic E-state index is 0.173. The lowest BCUT2D eigenvalue weighted by Crippen LogP contribution is -2.21. The molecule has 1 aromatic carbocycles. The predicted molar refractivity (Wildman–Crippen MR) is 133 cm³/mol. The first-order chi connectivity index (χ1) is 18.6. The number of amides is 1. The minimum Gasteiger partial charge on any atom is -0.494 e. The fraction of sp³-hybridized carbons (Fsp3) is 0.250. The van der Waals surface area contributed by atoms with Crippen molar-refractivity contribution in [3.63, 3.8) is 0 Å². The van der Waals surface area contributed by atoms with Gasteiger partial charge in [-0.05, 0) is 43.2 Å². The molecule has 3 aromatic heterocycles. The number of ether oxygens (including phenoxy) is 2. The van der Waals surface area contributed by atoms with E-state index in [0.29, 0.717) is 34.5 Å². The van der Waals surface area contributed by atoms with Crippen LogP contribution >= 0.6 is 0 Å². The first-order valence-electron chi connectivity index (χ1n) is 12.5. The largest absolute Gasteiger partial charge is 0.494 e. The molecular weight excluding hydrogens is 462 g/mol. The molecular formula is C24H25N9O3. The van der Waals surface area contributed by atoms with Gasteiger partial charge in [0.15, 0.2) is 23.1 Å². The third-order valence-electron chi connectivity index (χ3n) is 5.55. The summed E-state index contributed by atoms with van der Waals surface area (Å²) in [5, 5.41) is 23.4. The van der Waals surface area contributed by atoms with E-state index in [0.717, 1.165) is 16.8 Å². The Morgan fingerprint density at radius 3 is 2.75 bits per heavy atom. The van der Waals surface area contributed by atoms with Gasteiger partial charge in [0.2, 0.25) is 0 Å². The molecule has 0 aliphatic carbocycles. The Bertz CT molecular complexity index is 1560. The van der Waals surface area contributed by atoms with Crippen LogP contribution in [-0.2, 0) is 18.0 Å². The Morgan fingerprint density at radius 1 is 1.08 bits per heavy atom. The van der Waals surface area contributed by atoms with E-state index in [1.807, 2.05) is 24.4 Å². The lowest BCUT2D eigenvalue weighted by Gasteiger charge is -2.19. The van der Waals surface area contributed by atoms with Crippen molar-refractivity contribution in [1.29, 1.82) is 0 Å². The van der Waals surface area contributed by atoms with Crippen LogP contribution in [0.2, 0.25) is 0 Å². The molecule has 1 amide bonds. The number of aryl methyl sites for hydroxylation is 2. The first-order valence-corrected chi connectivity index (χ1v) is 11.0. The number of methoxy groups -OCH3 is 1. The number of H-pyrrole nitrogens is 1. The van der Waals surface area contributed by atoms with Crippen molar-refractivity contribution in [2.45, 2.75) is 27.1 Å². The summed E-state index contributed by atoms with van der Waals surface area (Å²) in [6.07, 6.45) is 0. The third kappa shape index (κ3) is 4.53. The monoisotopic (exact) mass is 490 g/mol. The number of anilines is 4. The van der Waals surface area contributed by atoms with Crippen LogP contribution < -0.4 is 20.7 Å². The highest BCUT2D eigenvalue weighted by molar-refractivity contribution is 5.99. The molecule has 0 unspecified atom stereocenters. The van der Waals surface area contributed by atoms with Crippen LogP contribution in [0.25, 0.3) is 11.4 Å². The van der Waals surface area contributed by atoms with E-state index in [2.05, 4.69) is 41.0 Å². The van der Waals surface area contributed by atoms with Gasteiger partial charge in [-0.15, -0.1) is 10.2 Å². The second kappa shape index (κ2) is 9.58. The number of aromatic nitrogens is 6. The zero-order valence-electron chi connectivity index (χ0n) is 22.8. The van der Waals surface area contributed by atoms with E-state index < -0.39 is 12.9 Å². The summed E-state index contributed by atoms with van der Waals surface area (Å²) in [7, 11) is 1.50. The maximum Gasteiger partial charge on any atom is 0.273 e. The molecule has 6 bridgehead atoms. The van der Waals surface area contributed by atoms with Gasteiger partial charge in [0, 0.05) is 17.2 Å². The van der Waals surface area contributed by atoms with Crippen LogP contribution in [0.4, 0.5) is 23.0 Å². The third-order valence-corrected chi connectivity index (χ3v) is 5.55. The maximum absolute atomic E-state index is 12.9. The molecule has 0 saturated carbocycles. The number of carbonyl (C=O) groups excluding carboxylic acids is 1. The molecule has 0 radical (unpaired) electrons. The number of pyridine rings is 1. The average molecular weight is 491 g/mol. The Balaban J connectivity index is 1.68. The average Bonchev–Trinajstić information content (AvgIpc) is 3.30. The zero-order valence-corrected chi connectivity index (χ0v) is 19.8. The molecule has 1 aliphatic heterocycles. The number of nitrogens with one attached hydrogen (secondary N) is 4. The summed E-state index contributed by atoms with van der Waals surface area (Å²) in [5.74, 6) is 1.23. The number of fused-ring (bicyclic) bond motifs is 6. The van der Waals surface area contributed by atoms with Gasteiger partial charge in [0.25, 0.3) is 5.91 Å². The maximum atomic E-state index is 12.9. The SMILES string of the molecule is [2H]C([2H])([2H])NC(=O)c1nnc2cc1Nc1cc(cc(-c3n[nH]c(C)n3)c1OC)COCc1nc(ccc1C)N2. The fourth-order valence-corrected chi connectivity index (χ4v) is 3.82. The van der Waals surface area contributed by atoms with Gasteiger partial charge < -0.3 is 25.4 Å². The number of hydrogen-bond donors (Lipinski definition) is 4. The molecule has 184 valence electrons. The highest BCUT2D eigenvalue weighted by Gasteiger charge is 2.21. The highest BCUT2D eigenvalue weighted by atomic mass is 16.5. The molecule has 12 nitrogen and oxygen atoms in total. The Labute approximate surface area is 211 Å². The summed E-state index contributed by atoms with van der Waals surface area (Å²) in [6, 6.07) is 8.87. The molecule has 0 atom stereocenters. The number of rotatable bonds is 3. The van der Waals surface area contributed by atoms with Crippen molar-refractivity contribution in [1.82, 2.24) is 35.7 Å². The van der Waals surface area contributed by atoms with Gasteiger partial charge in [-0.2, -0.15) is 5.10 Å². The van der Waals surface area contributed by atoms with E-state index in [9.17, 15) is 4.79 Å². The summed E-state index contributed by atoms with van der Waals surface area (Å²) in [5.41, 5.74) is 3.40. The topological polar surface area (TPSA) is 152 Å². The molecule has 4 N–H and O–H groups in total. The summed E-state index contributed by atoms with van der Waals surface area (Å²) >= 11 is 0. The van der Waals surface area contributed by atoms with Crippen LogP contribution in [0.3, 0.4) is 0 Å². The first kappa shape index (κ1) is 19.7. The normalized spacial score (nSPS) is 14.2. The molecule has 5 rings (SSSR count). The summed E-state index contributed by atoms with van der Waals surface area (Å²) in [6.45, 7) is 1.48. The fourth-order valence-electron chi connectivity index (χ4n) is 3.82. The van der Waals surface area contributed by atoms with Gasteiger partial charge in [-0.1, -0.05) is 6.07 Å². The molecule has 4 heterocycles. The number of carbonyl (C=O) groups is 1. The molecule has 0 spiro atoms. The van der Waals surface area contributed by atoms with E-state index in [1.165, 1.54) is 13.2 Å². The molecule has 0 fully saturated rings. The summed E-state index contributed by atoms with van der Waals surface area (Å²) < 4.78 is 34.1. The van der Waals surface area contributed by atoms with E-state index in [1.54, 1.807) is 19.1 Å². The Hall–Kier alpha value is -4.58. The number of hydrogen-bond acceptors (Lipinski definition) is 10. The zero-order chi connectivity index (χ0) is 27.7. The Kier molecular flexibility index (Phi) is 5.24. The van der Waals surface area contributed by atoms with Crippen LogP contribution in [0, 0.1) is 13.8 Å². The van der Waals surface area contributed by atoms with Crippen LogP contribution in [0.5, 0.6) is 5.75 Å². The van der Waals surface area contributed by atoms with E-state index >= 15 is 0 Å². The molecule has 1 aliphatic rings. The lowest BCUT2D eigenvalue weighted by atomic mass is 10.1. The number of aromatic amines is 1.